The molecule has 13 heteroatoms. The summed E-state index contributed by atoms with van der Waals surface area (Å²) >= 11 is 5.81. The van der Waals surface area contributed by atoms with Gasteiger partial charge in [0.05, 0.1) is 42.4 Å². The van der Waals surface area contributed by atoms with E-state index in [1.807, 2.05) is 36.9 Å². The van der Waals surface area contributed by atoms with E-state index in [-0.39, 0.29) is 5.69 Å². The third-order valence-electron chi connectivity index (χ3n) is 7.08. The number of aryl methyl sites for hydroxylation is 1. The summed E-state index contributed by atoms with van der Waals surface area (Å²) in [5.74, 6) is 0.322. The lowest BCUT2D eigenvalue weighted by molar-refractivity contribution is -0.137. The number of pyridine rings is 1. The first-order valence-electron chi connectivity index (χ1n) is 12.8. The van der Waals surface area contributed by atoms with Gasteiger partial charge in [0.1, 0.15) is 5.75 Å². The average Bonchev–Trinajstić information content (AvgIpc) is 3.42. The number of ether oxygens (including phenoxy) is 1. The fraction of sp³-hybridized carbons (Fsp3) is 0.241. The second-order valence-electron chi connectivity index (χ2n) is 9.97. The highest BCUT2D eigenvalue weighted by atomic mass is 32.2. The van der Waals surface area contributed by atoms with Crippen LogP contribution in [0, 0.1) is 13.8 Å². The van der Waals surface area contributed by atoms with Crippen LogP contribution in [0.1, 0.15) is 40.3 Å². The van der Waals surface area contributed by atoms with E-state index in [0.717, 1.165) is 35.3 Å². The van der Waals surface area contributed by atoms with Crippen LogP contribution in [0.2, 0.25) is 0 Å². The van der Waals surface area contributed by atoms with Gasteiger partial charge in [-0.2, -0.15) is 13.2 Å². The Morgan fingerprint density at radius 3 is 2.43 bits per heavy atom. The third kappa shape index (κ3) is 5.66. The largest absolute Gasteiger partial charge is 0.495 e. The molecule has 1 saturated heterocycles. The summed E-state index contributed by atoms with van der Waals surface area (Å²) in [5, 5.41) is 3.73. The Kier molecular flexibility index (Phi) is 7.66. The lowest BCUT2D eigenvalue weighted by atomic mass is 9.96. The first-order valence-corrected chi connectivity index (χ1v) is 15.1. The number of nitrogens with zero attached hydrogens (tertiary/aromatic N) is 3. The maximum absolute atomic E-state index is 13.5. The molecular weight excluding hydrogens is 587 g/mol. The molecule has 0 aliphatic carbocycles. The summed E-state index contributed by atoms with van der Waals surface area (Å²) in [6, 6.07) is 16.8. The van der Waals surface area contributed by atoms with E-state index in [1.165, 1.54) is 13.2 Å². The van der Waals surface area contributed by atoms with Crippen LogP contribution in [0.4, 0.5) is 24.5 Å². The van der Waals surface area contributed by atoms with E-state index in [9.17, 15) is 21.6 Å². The molecule has 2 N–H and O–H groups in total. The first-order chi connectivity index (χ1) is 19.8. The standard InChI is InChI=1S/C29H28F3N5O3S2/c1-17-14-22(18(2)36(17)20-9-7-8-19(15-20)29(30,31)32)27-26(23-10-5-6-13-33-23)34-28(41)37(27)21-11-12-25(40-3)24(16-21)35-42(4,38)39/h5-16,26-27,35H,1-4H3,(H,34,41)/t26-,27+/m1/s1. The maximum atomic E-state index is 13.5. The summed E-state index contributed by atoms with van der Waals surface area (Å²) in [6.45, 7) is 3.68. The molecule has 0 saturated carbocycles. The summed E-state index contributed by atoms with van der Waals surface area (Å²) in [6.07, 6.45) is -1.76. The molecule has 0 amide bonds. The van der Waals surface area contributed by atoms with E-state index in [4.69, 9.17) is 17.0 Å². The van der Waals surface area contributed by atoms with Gasteiger partial charge in [0.2, 0.25) is 10.0 Å². The fourth-order valence-corrected chi connectivity index (χ4v) is 6.28. The molecule has 2 aromatic heterocycles. The highest BCUT2D eigenvalue weighted by Gasteiger charge is 2.42. The van der Waals surface area contributed by atoms with Crippen LogP contribution in [0.15, 0.2) is 72.9 Å². The molecule has 3 heterocycles. The molecule has 1 fully saturated rings. The van der Waals surface area contributed by atoms with E-state index >= 15 is 0 Å². The molecule has 2 aromatic carbocycles. The zero-order chi connectivity index (χ0) is 30.4. The zero-order valence-corrected chi connectivity index (χ0v) is 24.7. The Labute approximate surface area is 247 Å². The zero-order valence-electron chi connectivity index (χ0n) is 23.1. The van der Waals surface area contributed by atoms with Crippen molar-refractivity contribution in [3.8, 4) is 11.4 Å². The fourth-order valence-electron chi connectivity index (χ4n) is 5.38. The van der Waals surface area contributed by atoms with Crippen molar-refractivity contribution in [2.24, 2.45) is 0 Å². The number of alkyl halides is 3. The Morgan fingerprint density at radius 1 is 1.02 bits per heavy atom. The highest BCUT2D eigenvalue weighted by molar-refractivity contribution is 7.92. The number of thiocarbonyl (C=S) groups is 1. The van der Waals surface area contributed by atoms with Crippen LogP contribution in [-0.2, 0) is 16.2 Å². The number of nitrogens with one attached hydrogen (secondary N) is 2. The number of anilines is 2. The van der Waals surface area contributed by atoms with Gasteiger partial charge in [0, 0.05) is 29.0 Å². The minimum Gasteiger partial charge on any atom is -0.495 e. The van der Waals surface area contributed by atoms with Gasteiger partial charge in [-0.3, -0.25) is 9.71 Å². The number of benzene rings is 2. The van der Waals surface area contributed by atoms with E-state index < -0.39 is 33.8 Å². The number of aromatic nitrogens is 2. The summed E-state index contributed by atoms with van der Waals surface area (Å²) in [4.78, 5) is 6.42. The van der Waals surface area contributed by atoms with Gasteiger partial charge in [-0.05, 0) is 86.2 Å². The van der Waals surface area contributed by atoms with Gasteiger partial charge in [-0.1, -0.05) is 12.1 Å². The van der Waals surface area contributed by atoms with Crippen LogP contribution < -0.4 is 19.7 Å². The van der Waals surface area contributed by atoms with Crippen molar-refractivity contribution in [2.75, 3.05) is 23.0 Å². The minimum atomic E-state index is -4.48. The van der Waals surface area contributed by atoms with E-state index in [1.54, 1.807) is 41.1 Å². The van der Waals surface area contributed by atoms with E-state index in [2.05, 4.69) is 15.0 Å². The summed E-state index contributed by atoms with van der Waals surface area (Å²) in [7, 11) is -2.19. The normalized spacial score (nSPS) is 17.3. The van der Waals surface area contributed by atoms with Crippen molar-refractivity contribution in [3.63, 3.8) is 0 Å². The van der Waals surface area contributed by atoms with Crippen molar-refractivity contribution in [3.05, 3.63) is 101 Å². The lowest BCUT2D eigenvalue weighted by Gasteiger charge is -2.29. The Balaban J connectivity index is 1.68. The van der Waals surface area contributed by atoms with Gasteiger partial charge in [0.25, 0.3) is 0 Å². The number of methoxy groups -OCH3 is 1. The van der Waals surface area contributed by atoms with Gasteiger partial charge < -0.3 is 19.5 Å². The monoisotopic (exact) mass is 615 g/mol. The predicted octanol–water partition coefficient (Wildman–Crippen LogP) is 6.07. The Hall–Kier alpha value is -4.10. The number of rotatable bonds is 7. The molecular formula is C29H28F3N5O3S2. The third-order valence-corrected chi connectivity index (χ3v) is 7.98. The van der Waals surface area contributed by atoms with Crippen molar-refractivity contribution in [1.82, 2.24) is 14.9 Å². The van der Waals surface area contributed by atoms with E-state index in [0.29, 0.717) is 27.9 Å². The second kappa shape index (κ2) is 11.0. The van der Waals surface area contributed by atoms with Gasteiger partial charge in [-0.25, -0.2) is 8.42 Å². The van der Waals surface area contributed by atoms with Gasteiger partial charge >= 0.3 is 6.18 Å². The maximum Gasteiger partial charge on any atom is 0.416 e. The molecule has 42 heavy (non-hydrogen) atoms. The van der Waals surface area contributed by atoms with Gasteiger partial charge in [-0.15, -0.1) is 0 Å². The molecule has 4 aromatic rings. The molecule has 0 radical (unpaired) electrons. The molecule has 1 aliphatic rings. The highest BCUT2D eigenvalue weighted by Crippen LogP contribution is 2.45. The van der Waals surface area contributed by atoms with Crippen LogP contribution in [0.25, 0.3) is 5.69 Å². The van der Waals surface area contributed by atoms with Crippen molar-refractivity contribution in [2.45, 2.75) is 32.1 Å². The molecule has 0 spiro atoms. The van der Waals surface area contributed by atoms with Crippen LogP contribution in [0.3, 0.4) is 0 Å². The summed E-state index contributed by atoms with van der Waals surface area (Å²) in [5.41, 5.74) is 3.41. The summed E-state index contributed by atoms with van der Waals surface area (Å²) < 4.78 is 74.5. The molecule has 8 nitrogen and oxygen atoms in total. The van der Waals surface area contributed by atoms with Crippen molar-refractivity contribution < 1.29 is 26.3 Å². The smallest absolute Gasteiger partial charge is 0.416 e. The Morgan fingerprint density at radius 2 is 1.79 bits per heavy atom. The second-order valence-corrected chi connectivity index (χ2v) is 12.1. The van der Waals surface area contributed by atoms with Crippen LogP contribution in [-0.4, -0.2) is 36.4 Å². The quantitative estimate of drug-likeness (QED) is 0.244. The van der Waals surface area contributed by atoms with Crippen molar-refractivity contribution in [1.29, 1.82) is 0 Å². The number of hydrogen-bond donors (Lipinski definition) is 2. The van der Waals surface area contributed by atoms with Crippen LogP contribution in [0.5, 0.6) is 5.75 Å². The number of sulfonamides is 1. The predicted molar refractivity (Wildman–Crippen MR) is 160 cm³/mol. The minimum absolute atomic E-state index is 0.231. The lowest BCUT2D eigenvalue weighted by Crippen LogP contribution is -2.29. The Bertz CT molecular complexity index is 1760. The van der Waals surface area contributed by atoms with Crippen LogP contribution >= 0.6 is 12.2 Å². The molecule has 220 valence electrons. The molecule has 1 aliphatic heterocycles. The number of halogens is 3. The first kappa shape index (κ1) is 29.4. The molecule has 5 rings (SSSR count). The average molecular weight is 616 g/mol. The topological polar surface area (TPSA) is 88.5 Å². The van der Waals surface area contributed by atoms with Gasteiger partial charge in [0.15, 0.2) is 5.11 Å². The molecule has 2 atom stereocenters. The number of hydrogen-bond acceptors (Lipinski definition) is 5. The SMILES string of the molecule is COc1ccc(N2C(=S)N[C@H](c3ccccn3)[C@@H]2c2cc(C)n(-c3cccc(C(F)(F)F)c3)c2C)cc1NS(C)(=O)=O. The molecule has 0 unspecified atom stereocenters. The van der Waals surface area contributed by atoms with Crippen molar-refractivity contribution >= 4 is 38.7 Å². The molecule has 0 bridgehead atoms.